The predicted molar refractivity (Wildman–Crippen MR) is 54.6 cm³/mol. The second-order valence-corrected chi connectivity index (χ2v) is 3.49. The molecule has 0 aliphatic rings. The fraction of sp³-hybridized carbons (Fsp3) is 0.100. The molecule has 0 bridgehead atoms. The van der Waals surface area contributed by atoms with E-state index in [2.05, 4.69) is 21.0 Å². The van der Waals surface area contributed by atoms with Crippen molar-refractivity contribution in [3.05, 3.63) is 35.7 Å². The van der Waals surface area contributed by atoms with Gasteiger partial charge in [0.25, 0.3) is 0 Å². The molecule has 0 atom stereocenters. The number of benzene rings is 1. The van der Waals surface area contributed by atoms with Gasteiger partial charge in [0.2, 0.25) is 0 Å². The van der Waals surface area contributed by atoms with Gasteiger partial charge in [0, 0.05) is 11.8 Å². The lowest BCUT2D eigenvalue weighted by Gasteiger charge is -2.09. The molecule has 1 radical (unpaired) electrons. The van der Waals surface area contributed by atoms with Gasteiger partial charge in [-0.25, -0.2) is 4.98 Å². The highest BCUT2D eigenvalue weighted by Gasteiger charge is 2.31. The zero-order valence-electron chi connectivity index (χ0n) is 8.18. The summed E-state index contributed by atoms with van der Waals surface area (Å²) in [5, 5.41) is 0.118. The molecule has 1 heterocycles. The Balaban J connectivity index is 2.30. The summed E-state index contributed by atoms with van der Waals surface area (Å²) in [5.41, 5.74) is 0.993. The summed E-state index contributed by atoms with van der Waals surface area (Å²) in [4.78, 5) is 6.43. The third-order valence-corrected chi connectivity index (χ3v) is 2.21. The normalized spacial score (nSPS) is 11.5. The summed E-state index contributed by atoms with van der Waals surface area (Å²) in [6.45, 7) is 0. The number of ether oxygens (including phenoxy) is 1. The third kappa shape index (κ3) is 2.91. The molecular weight excluding hydrogens is 257 g/mol. The van der Waals surface area contributed by atoms with Crippen LogP contribution in [0.5, 0.6) is 5.75 Å². The molecule has 0 spiro atoms. The largest absolute Gasteiger partial charge is 0.573 e. The predicted octanol–water partition coefficient (Wildman–Crippen LogP) is 3.43. The van der Waals surface area contributed by atoms with E-state index in [0.29, 0.717) is 11.3 Å². The zero-order chi connectivity index (χ0) is 12.5. The lowest BCUT2D eigenvalue weighted by Crippen LogP contribution is -2.17. The summed E-state index contributed by atoms with van der Waals surface area (Å²) in [6, 6.07) is 3.65. The minimum absolute atomic E-state index is 0.118. The minimum atomic E-state index is -4.73. The van der Waals surface area contributed by atoms with Crippen molar-refractivity contribution in [1.29, 1.82) is 0 Å². The zero-order valence-corrected chi connectivity index (χ0v) is 8.93. The number of alkyl halides is 3. The van der Waals surface area contributed by atoms with E-state index < -0.39 is 6.36 Å². The van der Waals surface area contributed by atoms with Crippen LogP contribution in [0.4, 0.5) is 13.2 Å². The number of aromatic nitrogens is 2. The number of aromatic amines is 1. The number of halogens is 4. The first kappa shape index (κ1) is 11.8. The molecule has 0 saturated heterocycles. The Kier molecular flexibility index (Phi) is 2.97. The van der Waals surface area contributed by atoms with Crippen molar-refractivity contribution >= 4 is 11.6 Å². The molecule has 1 N–H and O–H groups in total. The van der Waals surface area contributed by atoms with Crippen LogP contribution in [0.2, 0.25) is 5.02 Å². The average molecular weight is 262 g/mol. The Labute approximate surface area is 99.2 Å². The molecule has 2 aromatic rings. The third-order valence-electron chi connectivity index (χ3n) is 1.90. The van der Waals surface area contributed by atoms with Crippen LogP contribution in [-0.2, 0) is 0 Å². The summed E-state index contributed by atoms with van der Waals surface area (Å²) >= 11 is 5.83. The van der Waals surface area contributed by atoms with Crippen LogP contribution in [0.25, 0.3) is 11.3 Å². The van der Waals surface area contributed by atoms with E-state index >= 15 is 0 Å². The molecule has 2 rings (SSSR count). The molecule has 0 aliphatic heterocycles. The summed E-state index contributed by atoms with van der Waals surface area (Å²) in [6.07, 6.45) is -0.735. The van der Waals surface area contributed by atoms with Crippen LogP contribution < -0.4 is 4.74 Å². The summed E-state index contributed by atoms with van der Waals surface area (Å²) in [7, 11) is 0. The average Bonchev–Trinajstić information content (AvgIpc) is 2.68. The van der Waals surface area contributed by atoms with Crippen molar-refractivity contribution in [2.24, 2.45) is 0 Å². The quantitative estimate of drug-likeness (QED) is 0.899. The van der Waals surface area contributed by atoms with Gasteiger partial charge in [0.1, 0.15) is 5.75 Å². The van der Waals surface area contributed by atoms with E-state index in [1.54, 1.807) is 0 Å². The van der Waals surface area contributed by atoms with Crippen molar-refractivity contribution in [2.45, 2.75) is 6.36 Å². The van der Waals surface area contributed by atoms with Gasteiger partial charge in [0.15, 0.2) is 6.33 Å². The lowest BCUT2D eigenvalue weighted by molar-refractivity contribution is -0.274. The molecule has 17 heavy (non-hydrogen) atoms. The van der Waals surface area contributed by atoms with Crippen molar-refractivity contribution < 1.29 is 17.9 Å². The van der Waals surface area contributed by atoms with E-state index in [-0.39, 0.29) is 10.8 Å². The molecule has 0 aliphatic carbocycles. The van der Waals surface area contributed by atoms with Gasteiger partial charge >= 0.3 is 6.36 Å². The monoisotopic (exact) mass is 261 g/mol. The Morgan fingerprint density at radius 3 is 2.65 bits per heavy atom. The number of nitrogens with one attached hydrogen (secondary N) is 1. The smallest absolute Gasteiger partial charge is 0.406 e. The first-order valence-corrected chi connectivity index (χ1v) is 4.80. The van der Waals surface area contributed by atoms with Crippen LogP contribution in [0.3, 0.4) is 0 Å². The fourth-order valence-electron chi connectivity index (χ4n) is 1.26. The van der Waals surface area contributed by atoms with Crippen LogP contribution >= 0.6 is 11.6 Å². The topological polar surface area (TPSA) is 37.9 Å². The molecule has 1 aromatic heterocycles. The Morgan fingerprint density at radius 1 is 1.35 bits per heavy atom. The van der Waals surface area contributed by atoms with Crippen LogP contribution in [0.1, 0.15) is 0 Å². The van der Waals surface area contributed by atoms with Crippen LogP contribution in [-0.4, -0.2) is 16.3 Å². The summed E-state index contributed by atoms with van der Waals surface area (Å²) in [5.74, 6) is -0.370. The number of hydrogen-bond acceptors (Lipinski definition) is 2. The second kappa shape index (κ2) is 4.29. The van der Waals surface area contributed by atoms with E-state index in [4.69, 9.17) is 11.6 Å². The lowest BCUT2D eigenvalue weighted by atomic mass is 10.1. The molecule has 0 saturated carbocycles. The molecule has 7 heteroatoms. The van der Waals surface area contributed by atoms with E-state index in [0.717, 1.165) is 6.07 Å². The van der Waals surface area contributed by atoms with Gasteiger partial charge < -0.3 is 9.72 Å². The SMILES string of the molecule is FC(F)(F)Oc1ccc(-c2c[nH][c]n2)c(Cl)c1. The number of nitrogens with zero attached hydrogens (tertiary/aromatic N) is 1. The van der Waals surface area contributed by atoms with E-state index in [1.165, 1.54) is 18.3 Å². The Morgan fingerprint density at radius 2 is 2.12 bits per heavy atom. The number of rotatable bonds is 2. The highest BCUT2D eigenvalue weighted by molar-refractivity contribution is 6.33. The fourth-order valence-corrected chi connectivity index (χ4v) is 1.53. The maximum Gasteiger partial charge on any atom is 0.573 e. The van der Waals surface area contributed by atoms with Crippen LogP contribution in [0, 0.1) is 6.33 Å². The van der Waals surface area contributed by atoms with Crippen molar-refractivity contribution in [3.63, 3.8) is 0 Å². The molecule has 0 amide bonds. The molecule has 3 nitrogen and oxygen atoms in total. The Hall–Kier alpha value is -1.69. The van der Waals surface area contributed by atoms with Gasteiger partial charge in [0.05, 0.1) is 10.7 Å². The first-order valence-electron chi connectivity index (χ1n) is 4.43. The molecule has 0 fully saturated rings. The maximum absolute atomic E-state index is 12.0. The first-order chi connectivity index (χ1) is 7.96. The highest BCUT2D eigenvalue weighted by Crippen LogP contribution is 2.31. The minimum Gasteiger partial charge on any atom is -0.406 e. The Bertz CT molecular complexity index is 511. The van der Waals surface area contributed by atoms with Crippen molar-refractivity contribution in [2.75, 3.05) is 0 Å². The van der Waals surface area contributed by atoms with Crippen molar-refractivity contribution in [3.8, 4) is 17.0 Å². The van der Waals surface area contributed by atoms with Gasteiger partial charge in [-0.15, -0.1) is 13.2 Å². The number of H-pyrrole nitrogens is 1. The summed E-state index contributed by atoms with van der Waals surface area (Å²) < 4.78 is 39.6. The van der Waals surface area contributed by atoms with Gasteiger partial charge in [-0.05, 0) is 18.2 Å². The highest BCUT2D eigenvalue weighted by atomic mass is 35.5. The van der Waals surface area contributed by atoms with Gasteiger partial charge in [-0.2, -0.15) is 0 Å². The standard InChI is InChI=1S/C10H5ClF3N2O/c11-8-3-6(17-10(12,13)14)1-2-7(8)9-4-15-5-16-9/h1-4H,(H,15,16). The number of imidazole rings is 1. The molecule has 0 unspecified atom stereocenters. The van der Waals surface area contributed by atoms with Crippen molar-refractivity contribution in [1.82, 2.24) is 9.97 Å². The number of hydrogen-bond donors (Lipinski definition) is 1. The second-order valence-electron chi connectivity index (χ2n) is 3.09. The molecule has 1 aromatic carbocycles. The van der Waals surface area contributed by atoms with Crippen LogP contribution in [0.15, 0.2) is 24.4 Å². The van der Waals surface area contributed by atoms with E-state index in [1.807, 2.05) is 0 Å². The molecule has 89 valence electrons. The molecular formula is C10H5ClF3N2O. The van der Waals surface area contributed by atoms with Gasteiger partial charge in [-0.3, -0.25) is 0 Å². The van der Waals surface area contributed by atoms with Gasteiger partial charge in [-0.1, -0.05) is 11.6 Å². The van der Waals surface area contributed by atoms with E-state index in [9.17, 15) is 13.2 Å². The maximum atomic E-state index is 12.0.